The van der Waals surface area contributed by atoms with Gasteiger partial charge in [-0.15, -0.1) is 0 Å². The number of hydrogen-bond acceptors (Lipinski definition) is 2. The molecule has 1 rings (SSSR count). The third-order valence-electron chi connectivity index (χ3n) is 0.885. The number of halogens is 6. The molecule has 0 saturated carbocycles. The molecule has 0 saturated heterocycles. The molecule has 0 N–H and O–H groups in total. The Kier molecular flexibility index (Phi) is 3.27. The first-order chi connectivity index (χ1) is 6.38. The maximum Gasteiger partial charge on any atom is 1.00 e. The molecule has 1 heterocycles. The molecule has 0 aliphatic carbocycles. The molecule has 1 aromatic rings. The van der Waals surface area contributed by atoms with Gasteiger partial charge >= 0.3 is 34.4 Å². The summed E-state index contributed by atoms with van der Waals surface area (Å²) in [5.74, 6) is 0.847. The SMILES string of the molecule is COc1ccncc1.F[P-](F)(F)(F)(F)F.[H+]. The second-order valence-corrected chi connectivity index (χ2v) is 4.26. The monoisotopic (exact) mass is 255 g/mol. The maximum atomic E-state index is 9.87. The van der Waals surface area contributed by atoms with Gasteiger partial charge in [-0.05, 0) is 12.1 Å². The number of rotatable bonds is 1. The van der Waals surface area contributed by atoms with Crippen LogP contribution in [-0.2, 0) is 0 Å². The Bertz CT molecular complexity index is 302. The predicted octanol–water partition coefficient (Wildman–Crippen LogP) is 4.59. The van der Waals surface area contributed by atoms with E-state index in [1.54, 1.807) is 31.6 Å². The molecule has 0 spiro atoms. The van der Waals surface area contributed by atoms with Crippen LogP contribution < -0.4 is 4.74 Å². The summed E-state index contributed by atoms with van der Waals surface area (Å²) in [5.41, 5.74) is 0. The third kappa shape index (κ3) is 19.4. The number of ether oxygens (including phenoxy) is 1. The van der Waals surface area contributed by atoms with Crippen LogP contribution in [0.3, 0.4) is 0 Å². The normalized spacial score (nSPS) is 15.4. The molecule has 90 valence electrons. The Morgan fingerprint density at radius 3 is 1.60 bits per heavy atom. The van der Waals surface area contributed by atoms with Gasteiger partial charge in [-0.2, -0.15) is 0 Å². The van der Waals surface area contributed by atoms with Crippen LogP contribution in [0.15, 0.2) is 24.5 Å². The summed E-state index contributed by atoms with van der Waals surface area (Å²) in [6.45, 7) is 0. The Morgan fingerprint density at radius 2 is 1.40 bits per heavy atom. The molecule has 1 aromatic heterocycles. The number of nitrogens with zero attached hydrogens (tertiary/aromatic N) is 1. The molecule has 0 atom stereocenters. The van der Waals surface area contributed by atoms with Gasteiger partial charge in [-0.3, -0.25) is 4.98 Å². The largest absolute Gasteiger partial charge is 1.00 e. The number of pyridine rings is 1. The average Bonchev–Trinajstić information content (AvgIpc) is 2.00. The zero-order chi connectivity index (χ0) is 12.2. The van der Waals surface area contributed by atoms with Crippen LogP contribution in [0.2, 0.25) is 0 Å². The number of hydrogen-bond donors (Lipinski definition) is 0. The van der Waals surface area contributed by atoms with Crippen molar-refractivity contribution >= 4 is 7.81 Å². The first kappa shape index (κ1) is 14.0. The van der Waals surface area contributed by atoms with E-state index in [0.717, 1.165) is 5.75 Å². The van der Waals surface area contributed by atoms with Crippen molar-refractivity contribution < 1.29 is 31.3 Å². The first-order valence-corrected chi connectivity index (χ1v) is 5.42. The summed E-state index contributed by atoms with van der Waals surface area (Å²) in [7, 11) is -9.02. The van der Waals surface area contributed by atoms with E-state index in [-0.39, 0.29) is 1.43 Å². The van der Waals surface area contributed by atoms with E-state index in [1.165, 1.54) is 0 Å². The number of aromatic nitrogens is 1. The minimum Gasteiger partial charge on any atom is 1.00 e. The van der Waals surface area contributed by atoms with Gasteiger partial charge < -0.3 is 4.74 Å². The molecular weight excluding hydrogens is 247 g/mol. The maximum absolute atomic E-state index is 10.7. The Hall–Kier alpha value is -1.04. The van der Waals surface area contributed by atoms with Crippen LogP contribution in [0.1, 0.15) is 1.43 Å². The van der Waals surface area contributed by atoms with Crippen LogP contribution >= 0.6 is 7.81 Å². The second kappa shape index (κ2) is 3.52. The van der Waals surface area contributed by atoms with E-state index in [2.05, 4.69) is 4.98 Å². The smallest absolute Gasteiger partial charge is 1.00 e. The van der Waals surface area contributed by atoms with Gasteiger partial charge in [0, 0.05) is 12.4 Å². The minimum atomic E-state index is -10.7. The van der Waals surface area contributed by atoms with Crippen LogP contribution in [0.25, 0.3) is 0 Å². The molecule has 0 unspecified atom stereocenters. The molecule has 9 heteroatoms. The molecular formula is C6H8F6NOP. The summed E-state index contributed by atoms with van der Waals surface area (Å²) in [5, 5.41) is 0. The molecule has 0 radical (unpaired) electrons. The van der Waals surface area contributed by atoms with Crippen molar-refractivity contribution in [2.24, 2.45) is 0 Å². The third-order valence-corrected chi connectivity index (χ3v) is 0.885. The molecule has 0 bridgehead atoms. The molecule has 0 fully saturated rings. The van der Waals surface area contributed by atoms with E-state index < -0.39 is 7.81 Å². The second-order valence-electron chi connectivity index (χ2n) is 2.35. The van der Waals surface area contributed by atoms with Gasteiger partial charge in [0.05, 0.1) is 7.11 Å². The molecule has 2 nitrogen and oxygen atoms in total. The van der Waals surface area contributed by atoms with Crippen molar-refractivity contribution in [1.82, 2.24) is 4.98 Å². The first-order valence-electron chi connectivity index (χ1n) is 3.39. The van der Waals surface area contributed by atoms with Crippen LogP contribution in [0.5, 0.6) is 5.75 Å². The van der Waals surface area contributed by atoms with Crippen molar-refractivity contribution in [1.29, 1.82) is 0 Å². The average molecular weight is 255 g/mol. The molecule has 15 heavy (non-hydrogen) atoms. The van der Waals surface area contributed by atoms with Gasteiger partial charge in [-0.25, -0.2) is 0 Å². The summed E-state index contributed by atoms with van der Waals surface area (Å²) >= 11 is 0. The molecule has 0 amide bonds. The van der Waals surface area contributed by atoms with E-state index >= 15 is 0 Å². The summed E-state index contributed by atoms with van der Waals surface area (Å²) < 4.78 is 64.1. The van der Waals surface area contributed by atoms with Gasteiger partial charge in [-0.1, -0.05) is 0 Å². The van der Waals surface area contributed by atoms with Crippen molar-refractivity contribution in [3.05, 3.63) is 24.5 Å². The fourth-order valence-corrected chi connectivity index (χ4v) is 0.474. The van der Waals surface area contributed by atoms with Gasteiger partial charge in [0.2, 0.25) is 0 Å². The van der Waals surface area contributed by atoms with Gasteiger partial charge in [0.1, 0.15) is 5.75 Å². The van der Waals surface area contributed by atoms with Crippen molar-refractivity contribution in [3.63, 3.8) is 0 Å². The quantitative estimate of drug-likeness (QED) is 0.541. The minimum absolute atomic E-state index is 0. The van der Waals surface area contributed by atoms with Gasteiger partial charge in [0.25, 0.3) is 0 Å². The van der Waals surface area contributed by atoms with Gasteiger partial charge in [0.15, 0.2) is 0 Å². The zero-order valence-electron chi connectivity index (χ0n) is 8.38. The van der Waals surface area contributed by atoms with E-state index in [0.29, 0.717) is 0 Å². The van der Waals surface area contributed by atoms with Crippen molar-refractivity contribution in [3.8, 4) is 5.75 Å². The predicted molar refractivity (Wildman–Crippen MR) is 45.5 cm³/mol. The van der Waals surface area contributed by atoms with Crippen LogP contribution in [0.4, 0.5) is 25.2 Å². The number of methoxy groups -OCH3 is 1. The van der Waals surface area contributed by atoms with Crippen molar-refractivity contribution in [2.75, 3.05) is 7.11 Å². The fraction of sp³-hybridized carbons (Fsp3) is 0.167. The Labute approximate surface area is 82.6 Å². The standard InChI is InChI=1S/C6H7NO.F6P/c1-8-6-2-4-7-5-3-6;1-7(2,3,4,5)6/h2-5H,1H3;/q;-1/p+1. The van der Waals surface area contributed by atoms with E-state index in [9.17, 15) is 25.2 Å². The van der Waals surface area contributed by atoms with Crippen LogP contribution in [-0.4, -0.2) is 12.1 Å². The van der Waals surface area contributed by atoms with Crippen LogP contribution in [0, 0.1) is 0 Å². The Balaban J connectivity index is 0. The molecule has 0 aliphatic rings. The summed E-state index contributed by atoms with van der Waals surface area (Å²) in [6.07, 6.45) is 3.39. The topological polar surface area (TPSA) is 22.1 Å². The fourth-order valence-electron chi connectivity index (χ4n) is 0.474. The van der Waals surface area contributed by atoms with E-state index in [1.807, 2.05) is 0 Å². The Morgan fingerprint density at radius 1 is 1.07 bits per heavy atom. The molecule has 0 aromatic carbocycles. The molecule has 0 aliphatic heterocycles. The zero-order valence-corrected chi connectivity index (χ0v) is 8.27. The van der Waals surface area contributed by atoms with E-state index in [4.69, 9.17) is 4.74 Å². The summed E-state index contributed by atoms with van der Waals surface area (Å²) in [6, 6.07) is 3.61. The summed E-state index contributed by atoms with van der Waals surface area (Å²) in [4.78, 5) is 3.81. The van der Waals surface area contributed by atoms with Crippen molar-refractivity contribution in [2.45, 2.75) is 0 Å².